The third-order valence-corrected chi connectivity index (χ3v) is 7.10. The summed E-state index contributed by atoms with van der Waals surface area (Å²) in [5.74, 6) is 0.112. The lowest BCUT2D eigenvalue weighted by atomic mass is 9.92. The molecular formula is C25H32N6O3. The number of hydrogen-bond acceptors (Lipinski definition) is 5. The molecule has 2 aromatic heterocycles. The number of piperidine rings is 1. The van der Waals surface area contributed by atoms with Gasteiger partial charge in [-0.25, -0.2) is 9.67 Å². The van der Waals surface area contributed by atoms with Gasteiger partial charge in [-0.1, -0.05) is 18.2 Å². The van der Waals surface area contributed by atoms with Gasteiger partial charge in [-0.2, -0.15) is 5.10 Å². The number of para-hydroxylation sites is 1. The normalized spacial score (nSPS) is 18.7. The molecule has 3 N–H and O–H groups in total. The Balaban J connectivity index is 0.000000868. The van der Waals surface area contributed by atoms with Crippen LogP contribution in [0, 0.1) is 19.3 Å². The lowest BCUT2D eigenvalue weighted by molar-refractivity contribution is -0.123. The van der Waals surface area contributed by atoms with Gasteiger partial charge in [0.2, 0.25) is 5.91 Å². The minimum atomic E-state index is -0.250. The number of aromatic nitrogens is 4. The summed E-state index contributed by atoms with van der Waals surface area (Å²) in [6.45, 7) is 6.87. The number of imidazole rings is 1. The maximum absolute atomic E-state index is 12.8. The average molecular weight is 465 g/mol. The Kier molecular flexibility index (Phi) is 7.12. The molecule has 3 heterocycles. The largest absolute Gasteiger partial charge is 0.483 e. The van der Waals surface area contributed by atoms with E-state index in [1.807, 2.05) is 55.1 Å². The smallest absolute Gasteiger partial charge is 0.290 e. The van der Waals surface area contributed by atoms with Crippen LogP contribution in [0.5, 0.6) is 0 Å². The van der Waals surface area contributed by atoms with Crippen molar-refractivity contribution < 1.29 is 14.7 Å². The highest BCUT2D eigenvalue weighted by atomic mass is 16.3. The first-order chi connectivity index (χ1) is 16.5. The van der Waals surface area contributed by atoms with Crippen LogP contribution >= 0.6 is 0 Å². The number of likely N-dealkylation sites (tertiary alicyclic amines) is 1. The van der Waals surface area contributed by atoms with E-state index in [9.17, 15) is 4.79 Å². The molecule has 9 nitrogen and oxygen atoms in total. The van der Waals surface area contributed by atoms with Crippen LogP contribution in [0.2, 0.25) is 0 Å². The molecule has 1 amide bonds. The molecule has 2 aliphatic rings. The van der Waals surface area contributed by atoms with E-state index in [0.29, 0.717) is 17.9 Å². The molecular weight excluding hydrogens is 432 g/mol. The molecule has 5 rings (SSSR count). The average Bonchev–Trinajstić information content (AvgIpc) is 3.12. The summed E-state index contributed by atoms with van der Waals surface area (Å²) in [4.78, 5) is 31.0. The van der Waals surface area contributed by atoms with E-state index in [1.165, 1.54) is 5.69 Å². The molecule has 1 saturated carbocycles. The summed E-state index contributed by atoms with van der Waals surface area (Å²) in [5.41, 5.74) is 5.49. The van der Waals surface area contributed by atoms with Crippen molar-refractivity contribution in [3.63, 3.8) is 0 Å². The standard InChI is InChI=1S/C24H30N6O.CH2O2/c1-17-21(18(2)30(28-17)20-6-4-3-5-7-20)12-23(31)27-22-13-24(22)8-10-29(11-9-24)15-19-14-25-16-26-19;2-1-3/h3-7,14,16,22H,8-13,15H2,1-2H3,(H,25,26)(H,27,31);1H,(H,2,3). The van der Waals surface area contributed by atoms with E-state index < -0.39 is 0 Å². The number of nitrogens with zero attached hydrogens (tertiary/aromatic N) is 4. The van der Waals surface area contributed by atoms with Crippen LogP contribution in [0.15, 0.2) is 42.9 Å². The summed E-state index contributed by atoms with van der Waals surface area (Å²) in [6, 6.07) is 10.4. The van der Waals surface area contributed by atoms with E-state index in [4.69, 9.17) is 9.90 Å². The molecule has 180 valence electrons. The number of carboxylic acid groups (broad SMARTS) is 1. The van der Waals surface area contributed by atoms with Gasteiger partial charge in [0.25, 0.3) is 6.47 Å². The van der Waals surface area contributed by atoms with Crippen molar-refractivity contribution in [3.05, 3.63) is 65.5 Å². The molecule has 1 spiro atoms. The van der Waals surface area contributed by atoms with Crippen LogP contribution in [0.3, 0.4) is 0 Å². The fourth-order valence-corrected chi connectivity index (χ4v) is 5.03. The van der Waals surface area contributed by atoms with Crippen LogP contribution in [0.1, 0.15) is 41.9 Å². The number of aromatic amines is 1. The second-order valence-corrected chi connectivity index (χ2v) is 9.22. The first kappa shape index (κ1) is 23.7. The van der Waals surface area contributed by atoms with Gasteiger partial charge in [0.15, 0.2) is 0 Å². The second-order valence-electron chi connectivity index (χ2n) is 9.22. The van der Waals surface area contributed by atoms with Crippen LogP contribution < -0.4 is 5.32 Å². The van der Waals surface area contributed by atoms with E-state index in [-0.39, 0.29) is 12.4 Å². The lowest BCUT2D eigenvalue weighted by Crippen LogP contribution is -2.38. The van der Waals surface area contributed by atoms with E-state index >= 15 is 0 Å². The Bertz CT molecular complexity index is 1100. The van der Waals surface area contributed by atoms with Crippen molar-refractivity contribution in [2.24, 2.45) is 5.41 Å². The van der Waals surface area contributed by atoms with Crippen molar-refractivity contribution in [1.29, 1.82) is 0 Å². The fourth-order valence-electron chi connectivity index (χ4n) is 5.03. The highest BCUT2D eigenvalue weighted by Crippen LogP contribution is 2.54. The monoisotopic (exact) mass is 464 g/mol. The molecule has 1 aliphatic heterocycles. The number of rotatable bonds is 6. The van der Waals surface area contributed by atoms with Gasteiger partial charge < -0.3 is 15.4 Å². The summed E-state index contributed by atoms with van der Waals surface area (Å²) in [7, 11) is 0. The number of H-pyrrole nitrogens is 1. The number of aryl methyl sites for hydroxylation is 1. The zero-order valence-corrected chi connectivity index (χ0v) is 19.7. The van der Waals surface area contributed by atoms with Crippen molar-refractivity contribution in [2.75, 3.05) is 13.1 Å². The van der Waals surface area contributed by atoms with Crippen LogP contribution in [0.25, 0.3) is 5.69 Å². The van der Waals surface area contributed by atoms with Crippen molar-refractivity contribution in [2.45, 2.75) is 52.1 Å². The lowest BCUT2D eigenvalue weighted by Gasteiger charge is -2.32. The number of carbonyl (C=O) groups is 2. The number of benzene rings is 1. The van der Waals surface area contributed by atoms with Gasteiger partial charge in [0.05, 0.1) is 24.1 Å². The molecule has 1 aromatic carbocycles. The van der Waals surface area contributed by atoms with Gasteiger partial charge in [-0.15, -0.1) is 0 Å². The Morgan fingerprint density at radius 1 is 1.26 bits per heavy atom. The Hall–Kier alpha value is -3.46. The van der Waals surface area contributed by atoms with E-state index in [1.54, 1.807) is 6.33 Å². The maximum Gasteiger partial charge on any atom is 0.290 e. The Labute approximate surface area is 199 Å². The first-order valence-corrected chi connectivity index (χ1v) is 11.6. The Morgan fingerprint density at radius 2 is 1.97 bits per heavy atom. The molecule has 3 aromatic rings. The highest BCUT2D eigenvalue weighted by molar-refractivity contribution is 5.80. The number of hydrogen-bond donors (Lipinski definition) is 3. The van der Waals surface area contributed by atoms with E-state index in [0.717, 1.165) is 61.5 Å². The topological polar surface area (TPSA) is 116 Å². The van der Waals surface area contributed by atoms with E-state index in [2.05, 4.69) is 25.3 Å². The predicted molar refractivity (Wildman–Crippen MR) is 128 cm³/mol. The predicted octanol–water partition coefficient (Wildman–Crippen LogP) is 2.63. The molecule has 2 fully saturated rings. The maximum atomic E-state index is 12.8. The molecule has 1 atom stereocenters. The Morgan fingerprint density at radius 3 is 2.62 bits per heavy atom. The van der Waals surface area contributed by atoms with Crippen LogP contribution in [-0.2, 0) is 22.6 Å². The van der Waals surface area contributed by atoms with Gasteiger partial charge in [0.1, 0.15) is 0 Å². The minimum Gasteiger partial charge on any atom is -0.483 e. The van der Waals surface area contributed by atoms with Crippen molar-refractivity contribution in [1.82, 2.24) is 30.0 Å². The van der Waals surface area contributed by atoms with Crippen molar-refractivity contribution >= 4 is 12.4 Å². The van der Waals surface area contributed by atoms with Gasteiger partial charge >= 0.3 is 0 Å². The molecule has 1 aliphatic carbocycles. The first-order valence-electron chi connectivity index (χ1n) is 11.6. The van der Waals surface area contributed by atoms with Crippen LogP contribution in [-0.4, -0.2) is 61.3 Å². The summed E-state index contributed by atoms with van der Waals surface area (Å²) < 4.78 is 1.94. The second kappa shape index (κ2) is 10.2. The molecule has 1 saturated heterocycles. The van der Waals surface area contributed by atoms with Gasteiger partial charge in [-0.3, -0.25) is 14.5 Å². The SMILES string of the molecule is Cc1nn(-c2ccccc2)c(C)c1CC(=O)NC1CC12CCN(Cc1cnc[nH]1)CC2.O=CO. The third kappa shape index (κ3) is 5.20. The summed E-state index contributed by atoms with van der Waals surface area (Å²) in [5, 5.41) is 14.9. The van der Waals surface area contributed by atoms with Gasteiger partial charge in [0, 0.05) is 35.7 Å². The quantitative estimate of drug-likeness (QED) is 0.483. The third-order valence-electron chi connectivity index (χ3n) is 7.10. The molecule has 0 radical (unpaired) electrons. The zero-order chi connectivity index (χ0) is 24.1. The fraction of sp³-hybridized carbons (Fsp3) is 0.440. The summed E-state index contributed by atoms with van der Waals surface area (Å²) >= 11 is 0. The molecule has 9 heteroatoms. The molecule has 1 unspecified atom stereocenters. The molecule has 34 heavy (non-hydrogen) atoms. The number of carbonyl (C=O) groups excluding carboxylic acids is 1. The number of nitrogens with one attached hydrogen (secondary N) is 2. The van der Waals surface area contributed by atoms with Gasteiger partial charge in [-0.05, 0) is 63.7 Å². The highest BCUT2D eigenvalue weighted by Gasteiger charge is 2.55. The van der Waals surface area contributed by atoms with Crippen molar-refractivity contribution in [3.8, 4) is 5.69 Å². The number of amides is 1. The minimum absolute atomic E-state index is 0.112. The van der Waals surface area contributed by atoms with Crippen LogP contribution in [0.4, 0.5) is 0 Å². The molecule has 0 bridgehead atoms. The zero-order valence-electron chi connectivity index (χ0n) is 19.7. The summed E-state index contributed by atoms with van der Waals surface area (Å²) in [6.07, 6.45) is 7.43.